The molecule has 0 atom stereocenters. The molecule has 1 spiro atoms. The molecule has 0 saturated carbocycles. The third kappa shape index (κ3) is 0.850. The quantitative estimate of drug-likeness (QED) is 0.632. The molecule has 2 fully saturated rings. The zero-order valence-electron chi connectivity index (χ0n) is 7.40. The van der Waals surface area contributed by atoms with E-state index in [0.29, 0.717) is 19.1 Å². The third-order valence-electron chi connectivity index (χ3n) is 3.03. The van der Waals surface area contributed by atoms with E-state index in [1.165, 1.54) is 0 Å². The molecule has 0 aromatic rings. The standard InChI is InChI=1S/C8H14F2N2/c1-6(2)12-4-7(5-12)8(9,10)3-11-7/h6,11H,3-5H2,1-2H3. The predicted octanol–water partition coefficient (Wildman–Crippen LogP) is 0.688. The molecule has 12 heavy (non-hydrogen) atoms. The van der Waals surface area contributed by atoms with Crippen LogP contribution in [0.15, 0.2) is 0 Å². The Labute approximate surface area is 70.9 Å². The van der Waals surface area contributed by atoms with Gasteiger partial charge >= 0.3 is 0 Å². The average Bonchev–Trinajstić information content (AvgIpc) is 1.81. The molecule has 2 saturated heterocycles. The fraction of sp³-hybridized carbons (Fsp3) is 1.00. The van der Waals surface area contributed by atoms with Gasteiger partial charge in [0.05, 0.1) is 6.54 Å². The van der Waals surface area contributed by atoms with E-state index in [1.54, 1.807) is 0 Å². The number of nitrogens with one attached hydrogen (secondary N) is 1. The molecule has 0 bridgehead atoms. The Hall–Kier alpha value is -0.220. The first-order valence-electron chi connectivity index (χ1n) is 4.34. The highest BCUT2D eigenvalue weighted by Crippen LogP contribution is 2.43. The summed E-state index contributed by atoms with van der Waals surface area (Å²) < 4.78 is 26.0. The molecule has 2 nitrogen and oxygen atoms in total. The van der Waals surface area contributed by atoms with Crippen molar-refractivity contribution >= 4 is 0 Å². The normalized spacial score (nSPS) is 31.8. The van der Waals surface area contributed by atoms with Crippen LogP contribution in [0.5, 0.6) is 0 Å². The van der Waals surface area contributed by atoms with E-state index in [-0.39, 0.29) is 6.54 Å². The first-order valence-corrected chi connectivity index (χ1v) is 4.34. The Morgan fingerprint density at radius 1 is 1.33 bits per heavy atom. The molecule has 2 aliphatic rings. The summed E-state index contributed by atoms with van der Waals surface area (Å²) >= 11 is 0. The van der Waals surface area contributed by atoms with E-state index in [2.05, 4.69) is 10.2 Å². The van der Waals surface area contributed by atoms with Gasteiger partial charge < -0.3 is 0 Å². The minimum Gasteiger partial charge on any atom is -0.298 e. The lowest BCUT2D eigenvalue weighted by Crippen LogP contribution is -2.87. The summed E-state index contributed by atoms with van der Waals surface area (Å²) in [7, 11) is 0. The lowest BCUT2D eigenvalue weighted by atomic mass is 9.76. The van der Waals surface area contributed by atoms with Crippen molar-refractivity contribution in [1.82, 2.24) is 10.2 Å². The van der Waals surface area contributed by atoms with Gasteiger partial charge in [-0.15, -0.1) is 0 Å². The summed E-state index contributed by atoms with van der Waals surface area (Å²) in [5, 5.41) is 2.84. The molecule has 4 heteroatoms. The van der Waals surface area contributed by atoms with Crippen LogP contribution in [0.1, 0.15) is 13.8 Å². The molecule has 1 N–H and O–H groups in total. The molecule has 0 amide bonds. The fourth-order valence-corrected chi connectivity index (χ4v) is 1.83. The van der Waals surface area contributed by atoms with Gasteiger partial charge in [0.25, 0.3) is 5.92 Å². The summed E-state index contributed by atoms with van der Waals surface area (Å²) in [6.07, 6.45) is 0. The van der Waals surface area contributed by atoms with Crippen molar-refractivity contribution in [2.75, 3.05) is 19.6 Å². The Balaban J connectivity index is 1.95. The summed E-state index contributed by atoms with van der Waals surface area (Å²) in [6, 6.07) is 0.383. The first-order chi connectivity index (χ1) is 5.47. The van der Waals surface area contributed by atoms with Crippen LogP contribution in [0.25, 0.3) is 0 Å². The van der Waals surface area contributed by atoms with Crippen LogP contribution in [0.3, 0.4) is 0 Å². The number of hydrogen-bond donors (Lipinski definition) is 1. The number of alkyl halides is 2. The zero-order valence-corrected chi connectivity index (χ0v) is 7.40. The molecule has 2 heterocycles. The van der Waals surface area contributed by atoms with E-state index in [9.17, 15) is 8.78 Å². The molecule has 0 unspecified atom stereocenters. The number of likely N-dealkylation sites (tertiary alicyclic amines) is 1. The average molecular weight is 176 g/mol. The largest absolute Gasteiger partial charge is 0.298 e. The minimum absolute atomic E-state index is 0.140. The number of halogens is 2. The van der Waals surface area contributed by atoms with E-state index in [1.807, 2.05) is 13.8 Å². The molecular formula is C8H14F2N2. The van der Waals surface area contributed by atoms with Gasteiger partial charge in [-0.2, -0.15) is 0 Å². The Morgan fingerprint density at radius 2 is 1.92 bits per heavy atom. The summed E-state index contributed by atoms with van der Waals surface area (Å²) in [6.45, 7) is 4.92. The van der Waals surface area contributed by atoms with Crippen LogP contribution in [-0.4, -0.2) is 42.0 Å². The molecule has 0 aromatic carbocycles. The SMILES string of the molecule is CC(C)N1CC2(C1)NCC2(F)F. The smallest absolute Gasteiger partial charge is 0.280 e. The van der Waals surface area contributed by atoms with Crippen molar-refractivity contribution in [2.24, 2.45) is 0 Å². The molecular weight excluding hydrogens is 162 g/mol. The van der Waals surface area contributed by atoms with Crippen molar-refractivity contribution in [3.05, 3.63) is 0 Å². The van der Waals surface area contributed by atoms with Crippen molar-refractivity contribution in [3.63, 3.8) is 0 Å². The van der Waals surface area contributed by atoms with E-state index < -0.39 is 11.5 Å². The van der Waals surface area contributed by atoms with Crippen LogP contribution in [-0.2, 0) is 0 Å². The monoisotopic (exact) mass is 176 g/mol. The minimum atomic E-state index is -2.47. The Morgan fingerprint density at radius 3 is 2.17 bits per heavy atom. The highest BCUT2D eigenvalue weighted by atomic mass is 19.3. The molecule has 0 aliphatic carbocycles. The van der Waals surface area contributed by atoms with Crippen molar-refractivity contribution < 1.29 is 8.78 Å². The van der Waals surface area contributed by atoms with Gasteiger partial charge in [-0.25, -0.2) is 8.78 Å². The zero-order chi connectivity index (χ0) is 8.98. The lowest BCUT2D eigenvalue weighted by molar-refractivity contribution is -0.214. The van der Waals surface area contributed by atoms with Gasteiger partial charge in [0, 0.05) is 19.1 Å². The van der Waals surface area contributed by atoms with Gasteiger partial charge in [0.15, 0.2) is 0 Å². The molecule has 2 aliphatic heterocycles. The molecule has 0 aromatic heterocycles. The second-order valence-corrected chi connectivity index (χ2v) is 4.14. The highest BCUT2D eigenvalue weighted by molar-refractivity contribution is 5.19. The number of nitrogens with zero attached hydrogens (tertiary/aromatic N) is 1. The van der Waals surface area contributed by atoms with Crippen LogP contribution in [0, 0.1) is 0 Å². The topological polar surface area (TPSA) is 15.3 Å². The fourth-order valence-electron chi connectivity index (χ4n) is 1.83. The maximum Gasteiger partial charge on any atom is 0.280 e. The Bertz CT molecular complexity index is 197. The van der Waals surface area contributed by atoms with Gasteiger partial charge in [0.1, 0.15) is 5.54 Å². The maximum absolute atomic E-state index is 13.0. The number of hydrogen-bond acceptors (Lipinski definition) is 2. The van der Waals surface area contributed by atoms with E-state index >= 15 is 0 Å². The van der Waals surface area contributed by atoms with Crippen LogP contribution in [0.4, 0.5) is 8.78 Å². The van der Waals surface area contributed by atoms with Crippen molar-refractivity contribution in [3.8, 4) is 0 Å². The second-order valence-electron chi connectivity index (χ2n) is 4.14. The van der Waals surface area contributed by atoms with E-state index in [4.69, 9.17) is 0 Å². The maximum atomic E-state index is 13.0. The second kappa shape index (κ2) is 2.17. The summed E-state index contributed by atoms with van der Waals surface area (Å²) in [4.78, 5) is 2.06. The van der Waals surface area contributed by atoms with Crippen molar-refractivity contribution in [1.29, 1.82) is 0 Å². The Kier molecular flexibility index (Phi) is 1.52. The summed E-state index contributed by atoms with van der Waals surface area (Å²) in [5.41, 5.74) is -0.864. The lowest BCUT2D eigenvalue weighted by Gasteiger charge is -2.61. The van der Waals surface area contributed by atoms with Gasteiger partial charge in [-0.1, -0.05) is 0 Å². The van der Waals surface area contributed by atoms with Gasteiger partial charge in [-0.05, 0) is 13.8 Å². The predicted molar refractivity (Wildman–Crippen MR) is 42.4 cm³/mol. The van der Waals surface area contributed by atoms with Crippen LogP contribution in [0.2, 0.25) is 0 Å². The number of rotatable bonds is 1. The van der Waals surface area contributed by atoms with Crippen LogP contribution >= 0.6 is 0 Å². The molecule has 70 valence electrons. The summed E-state index contributed by atoms with van der Waals surface area (Å²) in [5.74, 6) is -2.47. The van der Waals surface area contributed by atoms with E-state index in [0.717, 1.165) is 0 Å². The molecule has 0 radical (unpaired) electrons. The third-order valence-corrected chi connectivity index (χ3v) is 3.03. The van der Waals surface area contributed by atoms with Gasteiger partial charge in [0.2, 0.25) is 0 Å². The highest BCUT2D eigenvalue weighted by Gasteiger charge is 2.67. The molecule has 2 rings (SSSR count). The van der Waals surface area contributed by atoms with Gasteiger partial charge in [-0.3, -0.25) is 10.2 Å². The van der Waals surface area contributed by atoms with Crippen LogP contribution < -0.4 is 5.32 Å². The van der Waals surface area contributed by atoms with Crippen molar-refractivity contribution in [2.45, 2.75) is 31.4 Å². The first kappa shape index (κ1) is 8.38.